The molecule has 1 saturated heterocycles. The molecule has 0 atom stereocenters. The second kappa shape index (κ2) is 6.16. The molecular weight excluding hydrogens is 294 g/mol. The van der Waals surface area contributed by atoms with Gasteiger partial charge in [0.05, 0.1) is 14.1 Å². The van der Waals surface area contributed by atoms with E-state index in [0.717, 1.165) is 0 Å². The van der Waals surface area contributed by atoms with Gasteiger partial charge in [0.25, 0.3) is 5.82 Å². The molecule has 0 saturated carbocycles. The van der Waals surface area contributed by atoms with Gasteiger partial charge in [0, 0.05) is 24.9 Å². The first-order chi connectivity index (χ1) is 11.7. The summed E-state index contributed by atoms with van der Waals surface area (Å²) in [6, 6.07) is 17.4. The van der Waals surface area contributed by atoms with Crippen LogP contribution >= 0.6 is 0 Å². The number of benzene rings is 2. The first-order valence-corrected chi connectivity index (χ1v) is 8.70. The molecule has 24 heavy (non-hydrogen) atoms. The van der Waals surface area contributed by atoms with Crippen molar-refractivity contribution in [1.29, 1.82) is 0 Å². The summed E-state index contributed by atoms with van der Waals surface area (Å²) in [5, 5.41) is 0. The topological polar surface area (TPSA) is 12.1 Å². The monoisotopic (exact) mass is 318 g/mol. The Kier molecular flexibility index (Phi) is 3.85. The minimum Gasteiger partial charge on any atom is -0.372 e. The fourth-order valence-electron chi connectivity index (χ4n) is 3.67. The van der Waals surface area contributed by atoms with Gasteiger partial charge < -0.3 is 4.90 Å². The summed E-state index contributed by atoms with van der Waals surface area (Å²) in [4.78, 5) is 2.47. The highest BCUT2D eigenvalue weighted by Crippen LogP contribution is 2.21. The summed E-state index contributed by atoms with van der Waals surface area (Å²) >= 11 is 0. The van der Waals surface area contributed by atoms with Gasteiger partial charge in [-0.2, -0.15) is 0 Å². The van der Waals surface area contributed by atoms with Gasteiger partial charge in [0.1, 0.15) is 0 Å². The second-order valence-corrected chi connectivity index (χ2v) is 6.58. The molecule has 2 heterocycles. The number of imidazole rings is 1. The number of hydrogen-bond donors (Lipinski definition) is 0. The maximum Gasteiger partial charge on any atom is 0.281 e. The predicted molar refractivity (Wildman–Crippen MR) is 101 cm³/mol. The van der Waals surface area contributed by atoms with Crippen LogP contribution in [0.4, 0.5) is 5.69 Å². The minimum atomic E-state index is 1.19. The zero-order valence-corrected chi connectivity index (χ0v) is 14.4. The van der Waals surface area contributed by atoms with Crippen LogP contribution < -0.4 is 9.47 Å². The number of hydrogen-bond acceptors (Lipinski definition) is 1. The zero-order valence-electron chi connectivity index (χ0n) is 14.4. The third-order valence-electron chi connectivity index (χ3n) is 5.08. The van der Waals surface area contributed by atoms with Crippen molar-refractivity contribution in [3.8, 4) is 0 Å². The van der Waals surface area contributed by atoms with Crippen LogP contribution in [0.5, 0.6) is 0 Å². The Morgan fingerprint density at radius 2 is 1.62 bits per heavy atom. The number of rotatable bonds is 3. The Balaban J connectivity index is 1.61. The van der Waals surface area contributed by atoms with Gasteiger partial charge in [-0.25, -0.2) is 9.13 Å². The third-order valence-corrected chi connectivity index (χ3v) is 5.08. The Bertz CT molecular complexity index is 842. The molecule has 0 aliphatic carbocycles. The summed E-state index contributed by atoms with van der Waals surface area (Å²) < 4.78 is 4.48. The molecule has 0 spiro atoms. The van der Waals surface area contributed by atoms with Gasteiger partial charge in [-0.3, -0.25) is 0 Å². The normalized spacial score (nSPS) is 15.0. The molecule has 0 amide bonds. The Hall–Kier alpha value is -2.55. The van der Waals surface area contributed by atoms with E-state index in [9.17, 15) is 0 Å². The van der Waals surface area contributed by atoms with Crippen molar-refractivity contribution in [3.05, 3.63) is 59.9 Å². The first-order valence-electron chi connectivity index (χ1n) is 8.70. The summed E-state index contributed by atoms with van der Waals surface area (Å²) in [6.07, 6.45) is 7.03. The average Bonchev–Trinajstić information content (AvgIpc) is 3.23. The number of aromatic nitrogens is 2. The van der Waals surface area contributed by atoms with Gasteiger partial charge in [-0.15, -0.1) is 0 Å². The van der Waals surface area contributed by atoms with Gasteiger partial charge in [0.2, 0.25) is 0 Å². The highest BCUT2D eigenvalue weighted by Gasteiger charge is 2.16. The molecule has 1 aliphatic rings. The average molecular weight is 318 g/mol. The van der Waals surface area contributed by atoms with E-state index in [4.69, 9.17) is 0 Å². The van der Waals surface area contributed by atoms with Crippen molar-refractivity contribution in [2.24, 2.45) is 14.1 Å². The van der Waals surface area contributed by atoms with Crippen LogP contribution in [0.25, 0.3) is 23.2 Å². The predicted octanol–water partition coefficient (Wildman–Crippen LogP) is 3.77. The highest BCUT2D eigenvalue weighted by molar-refractivity contribution is 5.76. The smallest absolute Gasteiger partial charge is 0.281 e. The van der Waals surface area contributed by atoms with E-state index in [1.807, 2.05) is 0 Å². The van der Waals surface area contributed by atoms with Crippen LogP contribution in [-0.2, 0) is 14.1 Å². The molecule has 1 fully saturated rings. The van der Waals surface area contributed by atoms with E-state index in [2.05, 4.69) is 88.8 Å². The summed E-state index contributed by atoms with van der Waals surface area (Å²) in [5.74, 6) is 1.19. The second-order valence-electron chi connectivity index (χ2n) is 6.58. The van der Waals surface area contributed by atoms with Crippen molar-refractivity contribution in [2.75, 3.05) is 18.0 Å². The lowest BCUT2D eigenvalue weighted by molar-refractivity contribution is -0.647. The van der Waals surface area contributed by atoms with Crippen LogP contribution in [0.15, 0.2) is 48.5 Å². The number of nitrogens with zero attached hydrogens (tertiary/aromatic N) is 3. The van der Waals surface area contributed by atoms with Crippen molar-refractivity contribution in [2.45, 2.75) is 12.8 Å². The molecule has 1 aromatic heterocycles. The van der Waals surface area contributed by atoms with Gasteiger partial charge in [-0.1, -0.05) is 24.3 Å². The lowest BCUT2D eigenvalue weighted by atomic mass is 10.2. The van der Waals surface area contributed by atoms with E-state index in [1.165, 1.54) is 54.0 Å². The lowest BCUT2D eigenvalue weighted by Crippen LogP contribution is -2.30. The van der Waals surface area contributed by atoms with Gasteiger partial charge in [-0.05, 0) is 48.7 Å². The maximum absolute atomic E-state index is 2.47. The molecule has 122 valence electrons. The standard InChI is InChI=1S/C21H24N3/c1-22-19-7-3-4-8-20(19)23(2)21(22)14-11-17-9-12-18(13-10-17)24-15-5-6-16-24/h3-4,7-14H,5-6,15-16H2,1-2H3/q+1. The van der Waals surface area contributed by atoms with E-state index in [-0.39, 0.29) is 0 Å². The SMILES string of the molecule is Cn1c(/C=C/c2ccc(N3CCCC3)cc2)[n+](C)c2ccccc21. The molecule has 1 aliphatic heterocycles. The van der Waals surface area contributed by atoms with E-state index >= 15 is 0 Å². The Morgan fingerprint density at radius 1 is 0.917 bits per heavy atom. The van der Waals surface area contributed by atoms with E-state index < -0.39 is 0 Å². The quantitative estimate of drug-likeness (QED) is 0.670. The highest BCUT2D eigenvalue weighted by atomic mass is 15.1. The summed E-state index contributed by atoms with van der Waals surface area (Å²) in [6.45, 7) is 2.39. The van der Waals surface area contributed by atoms with E-state index in [1.54, 1.807) is 0 Å². The van der Waals surface area contributed by atoms with Crippen molar-refractivity contribution in [3.63, 3.8) is 0 Å². The molecule has 0 N–H and O–H groups in total. The molecule has 0 bridgehead atoms. The van der Waals surface area contributed by atoms with Crippen molar-refractivity contribution in [1.82, 2.24) is 4.57 Å². The molecule has 2 aromatic carbocycles. The molecule has 0 unspecified atom stereocenters. The lowest BCUT2D eigenvalue weighted by Gasteiger charge is -2.17. The Labute approximate surface area is 143 Å². The molecule has 3 heteroatoms. The number of anilines is 1. The fourth-order valence-corrected chi connectivity index (χ4v) is 3.67. The summed E-state index contributed by atoms with van der Waals surface area (Å²) in [7, 11) is 4.25. The summed E-state index contributed by atoms with van der Waals surface area (Å²) in [5.41, 5.74) is 5.09. The molecule has 3 nitrogen and oxygen atoms in total. The molecule has 4 rings (SSSR count). The van der Waals surface area contributed by atoms with Crippen LogP contribution in [0, 0.1) is 0 Å². The van der Waals surface area contributed by atoms with Gasteiger partial charge in [0.15, 0.2) is 11.0 Å². The maximum atomic E-state index is 2.47. The number of fused-ring (bicyclic) bond motifs is 1. The third kappa shape index (κ3) is 2.60. The number of para-hydroxylation sites is 2. The first kappa shape index (κ1) is 15.0. The van der Waals surface area contributed by atoms with Crippen LogP contribution in [0.2, 0.25) is 0 Å². The largest absolute Gasteiger partial charge is 0.372 e. The Morgan fingerprint density at radius 3 is 2.33 bits per heavy atom. The molecule has 3 aromatic rings. The fraction of sp³-hybridized carbons (Fsp3) is 0.286. The molecular formula is C21H24N3+. The van der Waals surface area contributed by atoms with Crippen molar-refractivity contribution >= 4 is 28.9 Å². The zero-order chi connectivity index (χ0) is 16.5. The minimum absolute atomic E-state index is 1.19. The van der Waals surface area contributed by atoms with Crippen LogP contribution in [0.1, 0.15) is 24.2 Å². The van der Waals surface area contributed by atoms with Gasteiger partial charge >= 0.3 is 0 Å². The number of aryl methyl sites for hydroxylation is 2. The van der Waals surface area contributed by atoms with Crippen LogP contribution in [-0.4, -0.2) is 17.7 Å². The van der Waals surface area contributed by atoms with E-state index in [0.29, 0.717) is 0 Å². The van der Waals surface area contributed by atoms with Crippen molar-refractivity contribution < 1.29 is 4.57 Å². The van der Waals surface area contributed by atoms with Crippen LogP contribution in [0.3, 0.4) is 0 Å². The molecule has 0 radical (unpaired) electrons.